The number of Topliss-reactive ketones (excluding diaryl/α,β-unsaturated/α-hetero) is 5. The Kier molecular flexibility index (Phi) is 81.6. The Morgan fingerprint density at radius 3 is 0.948 bits per heavy atom. The quantitative estimate of drug-likeness (QED) is 0.0338. The molecule has 8 N–H and O–H groups in total. The number of amides is 7. The summed E-state index contributed by atoms with van der Waals surface area (Å²) >= 11 is 13.6. The lowest BCUT2D eigenvalue weighted by atomic mass is 9.88. The van der Waals surface area contributed by atoms with Gasteiger partial charge in [-0.15, -0.1) is 0 Å². The molecule has 0 aromatic carbocycles. The number of thiocarbonyl (C=S) groups is 2. The molecule has 21 nitrogen and oxygen atoms in total. The maximum Gasteiger partial charge on any atom is 0.246 e. The monoisotopic (exact) mass is 1710 g/mol. The summed E-state index contributed by atoms with van der Waals surface area (Å²) in [5.74, 6) is 1.82. The molecular weight excluding hydrogens is 1530 g/mol. The minimum absolute atomic E-state index is 0.0222. The Balaban J connectivity index is -0.000000116. The van der Waals surface area contributed by atoms with Crippen LogP contribution >= 0.6 is 48.0 Å². The molecular formula is C90H182N8O13S4. The average Bonchev–Trinajstić information content (AvgIpc) is 0.974. The van der Waals surface area contributed by atoms with Crippen LogP contribution in [0.15, 0.2) is 0 Å². The molecule has 0 bridgehead atoms. The molecule has 0 fully saturated rings. The standard InChI is InChI=1S/C12H23NOS.C11H20O2.C10H19NO2.C9H18N2O2.C8H17NO.C8H16S.C7H15NO2.C7H15NOS.C7H14O.C6H13NO.C5H12S/c1-5-11(15)8-6-7-10(14)9-13-12(2,3)4;1-5-9(12)7-6-8-10(13)11(2,3)4;1-5-8(12)6-7-9(13)11-10(2,3)4;1-7(12)10-6-5-8(13)11-9(2,3)4;1-5-6-7(10)9-8(2,3)4;1-5-7(9)6-8(2,3)4;2*1-7(2,3)8-6(9)5-10-4;1-5-6(8)7(2,3)4;1-5(8)7-6(2,3)4;1-5(2,3)6-4/h13H,5-9H2,1-4H3;5-8H2,1-4H3;5-7H2,1-4H3,(H,11,13);5-6H2,1-4H3,(H,10,12)(H,11,13);5-6H2,1-4H3,(H,9,10);5-6H2,1-4H3;2*5H2,1-4H3,(H,8,9);5H2,1-4H3;1-4H3,(H,7,8);1-4H3. The number of methoxy groups -OCH3 is 1. The first-order valence-corrected chi connectivity index (χ1v) is 44.6. The number of thioether (sulfide) groups is 2. The predicted octanol–water partition coefficient (Wildman–Crippen LogP) is 19.5. The highest BCUT2D eigenvalue weighted by Gasteiger charge is 2.22. The van der Waals surface area contributed by atoms with E-state index in [0.717, 1.165) is 43.4 Å². The fourth-order valence-electron chi connectivity index (χ4n) is 7.51. The summed E-state index contributed by atoms with van der Waals surface area (Å²) in [5, 5.41) is 22.6. The van der Waals surface area contributed by atoms with Crippen LogP contribution in [-0.2, 0) is 62.3 Å². The molecule has 0 rings (SSSR count). The highest BCUT2D eigenvalue weighted by atomic mass is 32.2. The molecule has 0 aromatic heterocycles. The van der Waals surface area contributed by atoms with Crippen molar-refractivity contribution in [2.75, 3.05) is 45.1 Å². The van der Waals surface area contributed by atoms with E-state index in [4.69, 9.17) is 24.4 Å². The highest BCUT2D eigenvalue weighted by molar-refractivity contribution is 7.99. The normalized spacial score (nSPS) is 11.3. The second-order valence-electron chi connectivity index (χ2n) is 39.4. The van der Waals surface area contributed by atoms with Crippen molar-refractivity contribution in [3.63, 3.8) is 0 Å². The smallest absolute Gasteiger partial charge is 0.246 e. The van der Waals surface area contributed by atoms with Gasteiger partial charge in [0.15, 0.2) is 0 Å². The number of rotatable bonds is 28. The van der Waals surface area contributed by atoms with Gasteiger partial charge in [0, 0.05) is 146 Å². The van der Waals surface area contributed by atoms with Gasteiger partial charge in [-0.1, -0.05) is 149 Å². The van der Waals surface area contributed by atoms with E-state index in [-0.39, 0.29) is 121 Å². The van der Waals surface area contributed by atoms with Gasteiger partial charge < -0.3 is 47.3 Å². The number of hydrogen-bond acceptors (Lipinski definition) is 18. The molecule has 684 valence electrons. The second-order valence-corrected chi connectivity index (χ2v) is 43.1. The van der Waals surface area contributed by atoms with Gasteiger partial charge >= 0.3 is 0 Å². The predicted molar refractivity (Wildman–Crippen MR) is 504 cm³/mol. The van der Waals surface area contributed by atoms with Gasteiger partial charge in [-0.2, -0.15) is 23.5 Å². The fraction of sp³-hybridized carbons (Fsp3) is 0.844. The molecule has 0 aliphatic rings. The van der Waals surface area contributed by atoms with Gasteiger partial charge in [-0.25, -0.2) is 0 Å². The first-order valence-electron chi connectivity index (χ1n) is 41.2. The van der Waals surface area contributed by atoms with Crippen LogP contribution in [0.1, 0.15) is 393 Å². The Labute approximate surface area is 726 Å². The number of ketones is 5. The van der Waals surface area contributed by atoms with Gasteiger partial charge in [0.05, 0.1) is 12.3 Å². The highest BCUT2D eigenvalue weighted by Crippen LogP contribution is 2.21. The van der Waals surface area contributed by atoms with Crippen LogP contribution in [0.2, 0.25) is 0 Å². The van der Waals surface area contributed by atoms with Gasteiger partial charge in [0.2, 0.25) is 41.4 Å². The number of nitrogens with one attached hydrogen (secondary N) is 8. The maximum atomic E-state index is 11.5. The van der Waals surface area contributed by atoms with Crippen molar-refractivity contribution < 1.29 is 62.3 Å². The molecule has 0 atom stereocenters. The molecule has 0 aliphatic carbocycles. The third kappa shape index (κ3) is 145. The third-order valence-electron chi connectivity index (χ3n) is 13.0. The Hall–Kier alpha value is -4.56. The zero-order chi connectivity index (χ0) is 94.2. The van der Waals surface area contributed by atoms with Crippen molar-refractivity contribution in [1.82, 2.24) is 42.5 Å². The molecule has 0 unspecified atom stereocenters. The molecule has 0 radical (unpaired) electrons. The van der Waals surface area contributed by atoms with Gasteiger partial charge in [0.25, 0.3) is 0 Å². The van der Waals surface area contributed by atoms with E-state index in [0.29, 0.717) is 105 Å². The van der Waals surface area contributed by atoms with Crippen LogP contribution in [0.5, 0.6) is 0 Å². The topological polar surface area (TPSA) is 310 Å². The zero-order valence-electron chi connectivity index (χ0n) is 82.3. The van der Waals surface area contributed by atoms with Crippen LogP contribution in [0.25, 0.3) is 0 Å². The number of hydrogen-bond donors (Lipinski definition) is 8. The summed E-state index contributed by atoms with van der Waals surface area (Å²) in [7, 11) is 1.50. The van der Waals surface area contributed by atoms with E-state index in [9.17, 15) is 57.5 Å². The summed E-state index contributed by atoms with van der Waals surface area (Å²) in [6.07, 6.45) is 15.7. The van der Waals surface area contributed by atoms with Crippen LogP contribution < -0.4 is 42.5 Å². The van der Waals surface area contributed by atoms with Crippen LogP contribution in [0.3, 0.4) is 0 Å². The third-order valence-corrected chi connectivity index (χ3v) is 15.7. The Bertz CT molecular complexity index is 2620. The summed E-state index contributed by atoms with van der Waals surface area (Å²) in [6.45, 7) is 81.8. The summed E-state index contributed by atoms with van der Waals surface area (Å²) in [4.78, 5) is 134. The van der Waals surface area contributed by atoms with E-state index in [2.05, 4.69) is 130 Å². The second kappa shape index (κ2) is 70.2. The molecule has 115 heavy (non-hydrogen) atoms. The van der Waals surface area contributed by atoms with Gasteiger partial charge in [-0.05, 0) is 218 Å². The number of carbonyl (C=O) groups is 12. The van der Waals surface area contributed by atoms with Crippen LogP contribution in [0, 0.1) is 16.2 Å². The fourth-order valence-corrected chi connectivity index (χ4v) is 8.42. The molecule has 0 aliphatic heterocycles. The van der Waals surface area contributed by atoms with Crippen LogP contribution in [-0.4, -0.2) is 169 Å². The number of ether oxygens (including phenoxy) is 1. The average molecular weight is 1710 g/mol. The van der Waals surface area contributed by atoms with Gasteiger partial charge in [-0.3, -0.25) is 57.5 Å². The SMILES string of the molecule is CC(=O)NC(C)(C)C.CC(=O)NCCC(=O)NC(C)(C)C.CCC(=O)C(C)(C)C.CCC(=O)CCC(=O)NC(C)(C)C.CCC(=O)CCCC(=O)C(C)(C)C.CCC(=S)CC(C)(C)C.CCC(=S)CCCC(=O)CNC(C)(C)C.CCCC(=O)NC(C)(C)C.COCC(=O)NC(C)(C)C.CSC(C)(C)C.CSCC(=O)NC(C)(C)C. The molecule has 0 saturated heterocycles. The summed E-state index contributed by atoms with van der Waals surface area (Å²) < 4.78 is 5.10. The minimum Gasteiger partial charge on any atom is -0.375 e. The van der Waals surface area contributed by atoms with Crippen molar-refractivity contribution >= 4 is 128 Å². The molecule has 0 heterocycles. The molecule has 7 amide bonds. The van der Waals surface area contributed by atoms with E-state index in [1.165, 1.54) is 37.6 Å². The molecule has 0 aromatic rings. The first-order chi connectivity index (χ1) is 51.2. The lowest BCUT2D eigenvalue weighted by Gasteiger charge is -2.20. The van der Waals surface area contributed by atoms with Crippen molar-refractivity contribution in [1.29, 1.82) is 0 Å². The van der Waals surface area contributed by atoms with Gasteiger partial charge in [0.1, 0.15) is 35.5 Å². The van der Waals surface area contributed by atoms with Crippen molar-refractivity contribution in [3.8, 4) is 0 Å². The largest absolute Gasteiger partial charge is 0.375 e. The van der Waals surface area contributed by atoms with Crippen molar-refractivity contribution in [2.24, 2.45) is 16.2 Å². The maximum absolute atomic E-state index is 11.5. The lowest BCUT2D eigenvalue weighted by Crippen LogP contribution is -2.42. The zero-order valence-corrected chi connectivity index (χ0v) is 85.6. The number of carbonyl (C=O) groups excluding carboxylic acids is 12. The molecule has 25 heteroatoms. The van der Waals surface area contributed by atoms with E-state index < -0.39 is 0 Å². The molecule has 0 spiro atoms. The van der Waals surface area contributed by atoms with Crippen LogP contribution in [0.4, 0.5) is 0 Å². The Morgan fingerprint density at radius 2 is 0.687 bits per heavy atom. The van der Waals surface area contributed by atoms with Crippen molar-refractivity contribution in [2.45, 2.75) is 437 Å². The van der Waals surface area contributed by atoms with E-state index >= 15 is 0 Å². The van der Waals surface area contributed by atoms with E-state index in [1.807, 2.05) is 212 Å². The minimum atomic E-state index is -0.255. The first kappa shape index (κ1) is 134. The summed E-state index contributed by atoms with van der Waals surface area (Å²) in [6, 6.07) is 0. The summed E-state index contributed by atoms with van der Waals surface area (Å²) in [5.41, 5.74) is -0.786. The van der Waals surface area contributed by atoms with E-state index in [1.54, 1.807) is 0 Å². The van der Waals surface area contributed by atoms with Crippen molar-refractivity contribution in [3.05, 3.63) is 0 Å². The Morgan fingerprint density at radius 1 is 0.348 bits per heavy atom. The lowest BCUT2D eigenvalue weighted by molar-refractivity contribution is -0.127. The molecule has 0 saturated carbocycles.